The van der Waals surface area contributed by atoms with Crippen LogP contribution in [-0.4, -0.2) is 57.8 Å². The molecule has 2 aromatic carbocycles. The van der Waals surface area contributed by atoms with Gasteiger partial charge < -0.3 is 9.80 Å². The number of amides is 1. The first-order chi connectivity index (χ1) is 15.4. The molecule has 0 aliphatic carbocycles. The number of piperidine rings is 1. The first kappa shape index (κ1) is 25.0. The molecule has 0 aromatic heterocycles. The van der Waals surface area contributed by atoms with Crippen LogP contribution >= 0.6 is 0 Å². The molecule has 1 aliphatic rings. The molecule has 0 saturated carbocycles. The summed E-state index contributed by atoms with van der Waals surface area (Å²) in [4.78, 5) is 15.7. The van der Waals surface area contributed by atoms with E-state index >= 15 is 0 Å². The van der Waals surface area contributed by atoms with Gasteiger partial charge in [0.05, 0.1) is 10.5 Å². The summed E-state index contributed by atoms with van der Waals surface area (Å²) in [5, 5.41) is 0. The van der Waals surface area contributed by atoms with E-state index in [1.807, 2.05) is 43.3 Å². The quantitative estimate of drug-likeness (QED) is 0.627. The monoisotopic (exact) mass is 483 g/mol. The van der Waals surface area contributed by atoms with Gasteiger partial charge in [0.1, 0.15) is 0 Å². The molecule has 1 fully saturated rings. The summed E-state index contributed by atoms with van der Waals surface area (Å²) in [6.07, 6.45) is -4.25. The molecule has 0 atom stereocenters. The Kier molecular flexibility index (Phi) is 7.38. The molecule has 33 heavy (non-hydrogen) atoms. The van der Waals surface area contributed by atoms with Gasteiger partial charge in [-0.3, -0.25) is 4.79 Å². The second-order valence-corrected chi connectivity index (χ2v) is 10.3. The number of hydrogen-bond acceptors (Lipinski definition) is 4. The number of carbonyl (C=O) groups excluding carboxylic acids is 1. The second-order valence-electron chi connectivity index (χ2n) is 8.43. The number of sulfonamides is 1. The van der Waals surface area contributed by atoms with Gasteiger partial charge in [0, 0.05) is 52.4 Å². The average Bonchev–Trinajstić information content (AvgIpc) is 2.78. The van der Waals surface area contributed by atoms with Gasteiger partial charge in [-0.25, -0.2) is 8.42 Å². The third-order valence-corrected chi connectivity index (χ3v) is 7.82. The summed E-state index contributed by atoms with van der Waals surface area (Å²) in [5.74, 6) is -0.472. The fourth-order valence-electron chi connectivity index (χ4n) is 3.97. The van der Waals surface area contributed by atoms with Crippen molar-refractivity contribution in [3.63, 3.8) is 0 Å². The van der Waals surface area contributed by atoms with E-state index < -0.39 is 26.7 Å². The Hall–Kier alpha value is -2.59. The third-order valence-electron chi connectivity index (χ3n) is 5.86. The highest BCUT2D eigenvalue weighted by atomic mass is 32.2. The number of benzene rings is 2. The van der Waals surface area contributed by atoms with Crippen LogP contribution in [0.4, 0.5) is 18.9 Å². The van der Waals surface area contributed by atoms with E-state index in [1.165, 1.54) is 6.07 Å². The number of anilines is 1. The van der Waals surface area contributed by atoms with E-state index in [9.17, 15) is 26.4 Å². The molecule has 1 heterocycles. The first-order valence-electron chi connectivity index (χ1n) is 10.6. The summed E-state index contributed by atoms with van der Waals surface area (Å²) in [7, 11) is 1.27. The van der Waals surface area contributed by atoms with E-state index in [1.54, 1.807) is 11.9 Å². The van der Waals surface area contributed by atoms with E-state index in [4.69, 9.17) is 0 Å². The number of hydrogen-bond donors (Lipinski definition) is 0. The summed E-state index contributed by atoms with van der Waals surface area (Å²) in [6.45, 7) is 0.413. The van der Waals surface area contributed by atoms with Gasteiger partial charge >= 0.3 is 6.18 Å². The van der Waals surface area contributed by atoms with Crippen molar-refractivity contribution in [2.24, 2.45) is 5.92 Å². The highest BCUT2D eigenvalue weighted by molar-refractivity contribution is 7.89. The van der Waals surface area contributed by atoms with Gasteiger partial charge in [0.25, 0.3) is 0 Å². The van der Waals surface area contributed by atoms with Crippen LogP contribution in [0.5, 0.6) is 0 Å². The van der Waals surface area contributed by atoms with Crippen molar-refractivity contribution in [3.8, 4) is 0 Å². The van der Waals surface area contributed by atoms with Crippen molar-refractivity contribution in [2.45, 2.75) is 30.5 Å². The lowest BCUT2D eigenvalue weighted by Crippen LogP contribution is -2.43. The molecule has 1 amide bonds. The topological polar surface area (TPSA) is 60.9 Å². The van der Waals surface area contributed by atoms with Crippen molar-refractivity contribution in [1.82, 2.24) is 9.21 Å². The van der Waals surface area contributed by atoms with Gasteiger partial charge in [-0.1, -0.05) is 24.3 Å². The lowest BCUT2D eigenvalue weighted by Gasteiger charge is -2.33. The highest BCUT2D eigenvalue weighted by Gasteiger charge is 2.40. The van der Waals surface area contributed by atoms with Crippen molar-refractivity contribution in [3.05, 3.63) is 59.7 Å². The van der Waals surface area contributed by atoms with E-state index in [2.05, 4.69) is 0 Å². The molecule has 2 aromatic rings. The molecule has 0 bridgehead atoms. The Labute approximate surface area is 192 Å². The average molecular weight is 484 g/mol. The second kappa shape index (κ2) is 9.72. The Morgan fingerprint density at radius 2 is 1.58 bits per heavy atom. The van der Waals surface area contributed by atoms with Crippen molar-refractivity contribution in [2.75, 3.05) is 39.1 Å². The molecule has 1 saturated heterocycles. The van der Waals surface area contributed by atoms with Gasteiger partial charge in [0.15, 0.2) is 0 Å². The third kappa shape index (κ3) is 5.67. The van der Waals surface area contributed by atoms with Crippen LogP contribution in [0.3, 0.4) is 0 Å². The molecule has 10 heteroatoms. The summed E-state index contributed by atoms with van der Waals surface area (Å²) < 4.78 is 66.8. The van der Waals surface area contributed by atoms with Crippen LogP contribution in [0.25, 0.3) is 0 Å². The Bertz CT molecular complexity index is 1080. The first-order valence-corrected chi connectivity index (χ1v) is 12.0. The number of rotatable bonds is 6. The fourth-order valence-corrected chi connectivity index (χ4v) is 5.65. The largest absolute Gasteiger partial charge is 0.417 e. The standard InChI is InChI=1S/C23H28F3N3O3S/c1-27(2)19-10-8-17(9-11-19)16-28(3)22(30)18-12-14-29(15-13-18)33(31,32)21-7-5-4-6-20(21)23(24,25)26/h4-11,18H,12-16H2,1-3H3. The molecule has 0 unspecified atom stereocenters. The molecule has 0 spiro atoms. The molecule has 0 radical (unpaired) electrons. The Morgan fingerprint density at radius 1 is 1.00 bits per heavy atom. The molecular weight excluding hydrogens is 455 g/mol. The summed E-state index contributed by atoms with van der Waals surface area (Å²) in [6, 6.07) is 12.0. The normalized spacial score (nSPS) is 15.9. The molecular formula is C23H28F3N3O3S. The molecule has 3 rings (SSSR count). The van der Waals surface area contributed by atoms with Gasteiger partial charge in [0.2, 0.25) is 15.9 Å². The lowest BCUT2D eigenvalue weighted by molar-refractivity contribution is -0.140. The molecule has 180 valence electrons. The maximum Gasteiger partial charge on any atom is 0.417 e. The number of halogens is 3. The minimum atomic E-state index is -4.77. The van der Waals surface area contributed by atoms with Crippen molar-refractivity contribution < 1.29 is 26.4 Å². The van der Waals surface area contributed by atoms with Crippen LogP contribution in [0.15, 0.2) is 53.4 Å². The Morgan fingerprint density at radius 3 is 2.12 bits per heavy atom. The van der Waals surface area contributed by atoms with Crippen molar-refractivity contribution >= 4 is 21.6 Å². The minimum absolute atomic E-state index is 0.00367. The van der Waals surface area contributed by atoms with Gasteiger partial charge in [-0.2, -0.15) is 17.5 Å². The van der Waals surface area contributed by atoms with E-state index in [0.29, 0.717) is 6.54 Å². The number of carbonyl (C=O) groups is 1. The smallest absolute Gasteiger partial charge is 0.378 e. The van der Waals surface area contributed by atoms with Crippen LogP contribution in [0, 0.1) is 5.92 Å². The maximum absolute atomic E-state index is 13.3. The summed E-state index contributed by atoms with van der Waals surface area (Å²) >= 11 is 0. The predicted octanol–water partition coefficient (Wildman–Crippen LogP) is 3.83. The maximum atomic E-state index is 13.3. The zero-order valence-electron chi connectivity index (χ0n) is 18.8. The SMILES string of the molecule is CN(Cc1ccc(N(C)C)cc1)C(=O)C1CCN(S(=O)(=O)c2ccccc2C(F)(F)F)CC1. The van der Waals surface area contributed by atoms with E-state index in [-0.39, 0.29) is 37.8 Å². The van der Waals surface area contributed by atoms with Crippen LogP contribution < -0.4 is 4.90 Å². The van der Waals surface area contributed by atoms with Crippen molar-refractivity contribution in [1.29, 1.82) is 0 Å². The Balaban J connectivity index is 1.64. The van der Waals surface area contributed by atoms with Gasteiger partial charge in [-0.15, -0.1) is 0 Å². The zero-order valence-corrected chi connectivity index (χ0v) is 19.7. The lowest BCUT2D eigenvalue weighted by atomic mass is 9.96. The molecule has 0 N–H and O–H groups in total. The number of alkyl halides is 3. The summed E-state index contributed by atoms with van der Waals surface area (Å²) in [5.41, 5.74) is 0.844. The predicted molar refractivity (Wildman–Crippen MR) is 120 cm³/mol. The van der Waals surface area contributed by atoms with Crippen LogP contribution in [0.2, 0.25) is 0 Å². The van der Waals surface area contributed by atoms with Crippen LogP contribution in [0.1, 0.15) is 24.0 Å². The molecule has 1 aliphatic heterocycles. The zero-order chi connectivity index (χ0) is 24.4. The fraction of sp³-hybridized carbons (Fsp3) is 0.435. The van der Waals surface area contributed by atoms with Gasteiger partial charge in [-0.05, 0) is 42.7 Å². The van der Waals surface area contributed by atoms with E-state index in [0.717, 1.165) is 33.8 Å². The van der Waals surface area contributed by atoms with Crippen LogP contribution in [-0.2, 0) is 27.5 Å². The number of nitrogens with zero attached hydrogens (tertiary/aromatic N) is 3. The minimum Gasteiger partial charge on any atom is -0.378 e. The highest BCUT2D eigenvalue weighted by Crippen LogP contribution is 2.36. The molecule has 6 nitrogen and oxygen atoms in total.